The van der Waals surface area contributed by atoms with Crippen LogP contribution in [0.1, 0.15) is 54.0 Å². The number of ether oxygens (including phenoxy) is 2. The van der Waals surface area contributed by atoms with Crippen molar-refractivity contribution in [2.24, 2.45) is 5.92 Å². The number of halogens is 2. The Kier molecular flexibility index (Phi) is 7.35. The summed E-state index contributed by atoms with van der Waals surface area (Å²) in [6, 6.07) is 10.7. The van der Waals surface area contributed by atoms with Gasteiger partial charge in [0.2, 0.25) is 10.0 Å². The number of rotatable bonds is 5. The third-order valence-corrected chi connectivity index (χ3v) is 9.32. The van der Waals surface area contributed by atoms with E-state index in [0.717, 1.165) is 12.1 Å². The summed E-state index contributed by atoms with van der Waals surface area (Å²) in [4.78, 5) is 12.2. The number of hydrogen-bond donors (Lipinski definition) is 0. The summed E-state index contributed by atoms with van der Waals surface area (Å²) in [5, 5.41) is -0.725. The Morgan fingerprint density at radius 1 is 1.12 bits per heavy atom. The minimum atomic E-state index is -3.79. The molecule has 0 unspecified atom stereocenters. The molecule has 2 aliphatic rings. The van der Waals surface area contributed by atoms with Crippen molar-refractivity contribution in [2.45, 2.75) is 49.9 Å². The van der Waals surface area contributed by atoms with E-state index in [1.807, 2.05) is 6.07 Å². The van der Waals surface area contributed by atoms with Crippen LogP contribution in [0.2, 0.25) is 0 Å². The average Bonchev–Trinajstić information content (AvgIpc) is 2.83. The number of sulfonamides is 1. The number of nitrogens with zero attached hydrogens (tertiary/aromatic N) is 1. The third kappa shape index (κ3) is 4.74. The van der Waals surface area contributed by atoms with Crippen molar-refractivity contribution in [3.63, 3.8) is 0 Å². The van der Waals surface area contributed by atoms with Crippen molar-refractivity contribution >= 4 is 16.0 Å². The molecule has 0 radical (unpaired) electrons. The summed E-state index contributed by atoms with van der Waals surface area (Å²) < 4.78 is 68.8. The van der Waals surface area contributed by atoms with Crippen LogP contribution in [-0.4, -0.2) is 45.1 Å². The van der Waals surface area contributed by atoms with Crippen molar-refractivity contribution in [2.75, 3.05) is 20.3 Å². The van der Waals surface area contributed by atoms with E-state index in [1.54, 1.807) is 31.2 Å². The normalized spacial score (nSPS) is 27.3. The molecule has 2 heterocycles. The van der Waals surface area contributed by atoms with Gasteiger partial charge in [-0.1, -0.05) is 30.3 Å². The molecule has 184 valence electrons. The minimum Gasteiger partial charge on any atom is -0.469 e. The van der Waals surface area contributed by atoms with E-state index in [1.165, 1.54) is 11.4 Å². The maximum absolute atomic E-state index is 15.2. The van der Waals surface area contributed by atoms with Crippen molar-refractivity contribution in [1.82, 2.24) is 4.31 Å². The predicted molar refractivity (Wildman–Crippen MR) is 122 cm³/mol. The molecule has 34 heavy (non-hydrogen) atoms. The zero-order valence-corrected chi connectivity index (χ0v) is 20.1. The second kappa shape index (κ2) is 10.1. The van der Waals surface area contributed by atoms with E-state index in [0.29, 0.717) is 31.4 Å². The summed E-state index contributed by atoms with van der Waals surface area (Å²) in [5.74, 6) is -3.20. The van der Waals surface area contributed by atoms with Gasteiger partial charge in [-0.25, -0.2) is 17.2 Å². The van der Waals surface area contributed by atoms with Gasteiger partial charge in [0.25, 0.3) is 0 Å². The molecule has 0 saturated carbocycles. The highest BCUT2D eigenvalue weighted by molar-refractivity contribution is 7.89. The molecule has 2 aliphatic heterocycles. The van der Waals surface area contributed by atoms with Gasteiger partial charge in [-0.15, -0.1) is 0 Å². The first kappa shape index (κ1) is 24.8. The fourth-order valence-electron chi connectivity index (χ4n) is 5.01. The number of carbonyl (C=O) groups is 1. The van der Waals surface area contributed by atoms with Crippen LogP contribution in [-0.2, 0) is 30.8 Å². The monoisotopic (exact) mass is 493 g/mol. The highest BCUT2D eigenvalue weighted by Gasteiger charge is 2.41. The highest BCUT2D eigenvalue weighted by Crippen LogP contribution is 2.39. The fraction of sp³-hybridized carbons (Fsp3) is 0.480. The standard InChI is InChI=1S/C25H29F2NO5S/c1-16-8-9-24(17-6-4-3-5-7-17)34(30,31)28(16)14-18-12-23(27)20(13-22(18)26)21-15-33-11-10-19(21)25(29)32-2/h3-7,12-13,16,19,21,24H,8-11,14-15H2,1-2H3/t16-,19+,21-,24+/m0/s1. The van der Waals surface area contributed by atoms with E-state index >= 15 is 8.78 Å². The Morgan fingerprint density at radius 3 is 2.56 bits per heavy atom. The fourth-order valence-corrected chi connectivity index (χ4v) is 7.19. The lowest BCUT2D eigenvalue weighted by Crippen LogP contribution is -2.44. The average molecular weight is 494 g/mol. The summed E-state index contributed by atoms with van der Waals surface area (Å²) in [7, 11) is -2.52. The van der Waals surface area contributed by atoms with E-state index in [-0.39, 0.29) is 30.3 Å². The number of benzene rings is 2. The molecule has 0 amide bonds. The number of carbonyl (C=O) groups excluding carboxylic acids is 1. The Hall–Kier alpha value is -2.36. The van der Waals surface area contributed by atoms with Crippen molar-refractivity contribution in [1.29, 1.82) is 0 Å². The molecule has 9 heteroatoms. The molecule has 0 aliphatic carbocycles. The van der Waals surface area contributed by atoms with Gasteiger partial charge >= 0.3 is 5.97 Å². The summed E-state index contributed by atoms with van der Waals surface area (Å²) in [6.45, 7) is 1.93. The van der Waals surface area contributed by atoms with Crippen LogP contribution in [0.5, 0.6) is 0 Å². The molecule has 0 N–H and O–H groups in total. The molecular weight excluding hydrogens is 464 g/mol. The van der Waals surface area contributed by atoms with Crippen molar-refractivity contribution in [3.05, 3.63) is 70.8 Å². The molecule has 2 saturated heterocycles. The lowest BCUT2D eigenvalue weighted by Gasteiger charge is -2.37. The molecule has 6 nitrogen and oxygen atoms in total. The Bertz CT molecular complexity index is 1140. The van der Waals surface area contributed by atoms with Gasteiger partial charge in [-0.05, 0) is 49.4 Å². The molecule has 0 aromatic heterocycles. The van der Waals surface area contributed by atoms with E-state index in [2.05, 4.69) is 0 Å². The Morgan fingerprint density at radius 2 is 1.85 bits per heavy atom. The molecule has 2 aromatic carbocycles. The first-order chi connectivity index (χ1) is 16.2. The van der Waals surface area contributed by atoms with Crippen LogP contribution in [0.25, 0.3) is 0 Å². The molecule has 4 atom stereocenters. The van der Waals surface area contributed by atoms with Gasteiger partial charge < -0.3 is 9.47 Å². The topological polar surface area (TPSA) is 72.9 Å². The maximum atomic E-state index is 15.2. The molecule has 0 bridgehead atoms. The van der Waals surface area contributed by atoms with Gasteiger partial charge in [0.05, 0.1) is 19.6 Å². The van der Waals surface area contributed by atoms with Gasteiger partial charge in [0.1, 0.15) is 16.9 Å². The molecule has 2 aromatic rings. The largest absolute Gasteiger partial charge is 0.469 e. The van der Waals surface area contributed by atoms with Crippen molar-refractivity contribution in [3.8, 4) is 0 Å². The molecular formula is C25H29F2NO5S. The summed E-state index contributed by atoms with van der Waals surface area (Å²) >= 11 is 0. The van der Waals surface area contributed by atoms with E-state index < -0.39 is 44.7 Å². The Labute approximate surface area is 198 Å². The van der Waals surface area contributed by atoms with E-state index in [9.17, 15) is 13.2 Å². The molecule has 2 fully saturated rings. The maximum Gasteiger partial charge on any atom is 0.309 e. The van der Waals surface area contributed by atoms with Gasteiger partial charge in [-0.3, -0.25) is 4.79 Å². The molecule has 0 spiro atoms. The lowest BCUT2D eigenvalue weighted by atomic mass is 9.82. The van der Waals surface area contributed by atoms with Crippen LogP contribution in [0.4, 0.5) is 8.78 Å². The number of esters is 1. The quantitative estimate of drug-likeness (QED) is 0.581. The summed E-state index contributed by atoms with van der Waals surface area (Å²) in [6.07, 6.45) is 1.43. The molecule has 4 rings (SSSR count). The van der Waals surface area contributed by atoms with Crippen LogP contribution in [0, 0.1) is 17.6 Å². The third-order valence-electron chi connectivity index (χ3n) is 6.95. The zero-order chi connectivity index (χ0) is 24.5. The zero-order valence-electron chi connectivity index (χ0n) is 19.2. The minimum absolute atomic E-state index is 0.0352. The second-order valence-corrected chi connectivity index (χ2v) is 11.0. The number of hydrogen-bond acceptors (Lipinski definition) is 5. The smallest absolute Gasteiger partial charge is 0.309 e. The second-order valence-electron chi connectivity index (χ2n) is 8.98. The van der Waals surface area contributed by atoms with Gasteiger partial charge in [-0.2, -0.15) is 4.31 Å². The Balaban J connectivity index is 1.62. The van der Waals surface area contributed by atoms with Crippen LogP contribution in [0.15, 0.2) is 42.5 Å². The SMILES string of the molecule is COC(=O)[C@@H]1CCOC[C@@H]1c1cc(F)c(CN2[C@@H](C)CC[C@H](c3ccccc3)S2(=O)=O)cc1F. The van der Waals surface area contributed by atoms with E-state index in [4.69, 9.17) is 9.47 Å². The highest BCUT2D eigenvalue weighted by atomic mass is 32.2. The first-order valence-corrected chi connectivity index (χ1v) is 12.9. The van der Waals surface area contributed by atoms with Gasteiger partial charge in [0.15, 0.2) is 0 Å². The number of methoxy groups -OCH3 is 1. The predicted octanol–water partition coefficient (Wildman–Crippen LogP) is 4.31. The van der Waals surface area contributed by atoms with Crippen LogP contribution in [0.3, 0.4) is 0 Å². The van der Waals surface area contributed by atoms with Crippen LogP contribution >= 0.6 is 0 Å². The van der Waals surface area contributed by atoms with Crippen LogP contribution < -0.4 is 0 Å². The van der Waals surface area contributed by atoms with Gasteiger partial charge in [0, 0.05) is 30.7 Å². The summed E-state index contributed by atoms with van der Waals surface area (Å²) in [5.41, 5.74) is 0.678. The van der Waals surface area contributed by atoms with Crippen molar-refractivity contribution < 1.29 is 31.5 Å². The first-order valence-electron chi connectivity index (χ1n) is 11.4. The lowest BCUT2D eigenvalue weighted by molar-refractivity contribution is -0.149.